The molecule has 0 amide bonds. The summed E-state index contributed by atoms with van der Waals surface area (Å²) in [5.41, 5.74) is 0. The Labute approximate surface area is 144 Å². The summed E-state index contributed by atoms with van der Waals surface area (Å²) in [7, 11) is 0.867. The lowest BCUT2D eigenvalue weighted by atomic mass is 10.0. The lowest BCUT2D eigenvalue weighted by Gasteiger charge is -2.30. The zero-order valence-electron chi connectivity index (χ0n) is 15.1. The third kappa shape index (κ3) is 11.3. The highest BCUT2D eigenvalue weighted by Crippen LogP contribution is 2.40. The number of aliphatic hydroxyl groups is 2. The van der Waals surface area contributed by atoms with Gasteiger partial charge in [-0.2, -0.15) is 0 Å². The molecule has 3 atom stereocenters. The average Bonchev–Trinajstić information content (AvgIpc) is 2.46. The van der Waals surface area contributed by atoms with Gasteiger partial charge in [0, 0.05) is 6.42 Å². The first kappa shape index (κ1) is 23.7. The Kier molecular flexibility index (Phi) is 11.1. The van der Waals surface area contributed by atoms with Crippen LogP contribution in [0.25, 0.3) is 0 Å². The highest BCUT2D eigenvalue weighted by Gasteiger charge is 2.31. The summed E-state index contributed by atoms with van der Waals surface area (Å²) in [5, 5.41) is 18.7. The molecule has 0 aromatic carbocycles. The molecular weight excluding hydrogens is 337 g/mol. The van der Waals surface area contributed by atoms with Gasteiger partial charge in [0.05, 0.1) is 27.7 Å². The molecule has 0 heterocycles. The van der Waals surface area contributed by atoms with E-state index in [1.165, 1.54) is 0 Å². The van der Waals surface area contributed by atoms with Crippen LogP contribution in [0.3, 0.4) is 0 Å². The maximum atomic E-state index is 12.1. The average molecular weight is 369 g/mol. The van der Waals surface area contributed by atoms with Gasteiger partial charge in [-0.15, -0.1) is 0 Å². The largest absolute Gasteiger partial charge is 0.756 e. The fourth-order valence-electron chi connectivity index (χ4n) is 1.90. The first-order chi connectivity index (χ1) is 11.0. The Morgan fingerprint density at radius 2 is 1.88 bits per heavy atom. The van der Waals surface area contributed by atoms with Crippen molar-refractivity contribution >= 4 is 13.6 Å². The molecule has 0 fully saturated rings. The Hall–Kier alpha value is -0.340. The van der Waals surface area contributed by atoms with E-state index >= 15 is 0 Å². The molecule has 2 N–H and O–H groups in total. The number of nitrogens with zero attached hydrogens (tertiary/aromatic N) is 1. The molecule has 0 radical (unpaired) electrons. The summed E-state index contributed by atoms with van der Waals surface area (Å²) in [4.78, 5) is 24.0. The number of aliphatic hydroxyl groups excluding tert-OH is 2. The third-order valence-electron chi connectivity index (χ3n) is 3.38. The van der Waals surface area contributed by atoms with Crippen LogP contribution in [0.15, 0.2) is 0 Å². The number of carbonyl (C=O) groups excluding carboxylic acids is 1. The molecule has 24 heavy (non-hydrogen) atoms. The van der Waals surface area contributed by atoms with E-state index in [0.29, 0.717) is 17.4 Å². The number of rotatable bonds is 14. The Morgan fingerprint density at radius 1 is 1.25 bits per heavy atom. The van der Waals surface area contributed by atoms with Gasteiger partial charge in [0.25, 0.3) is 7.82 Å². The van der Waals surface area contributed by atoms with Gasteiger partial charge in [-0.05, 0) is 6.42 Å². The van der Waals surface area contributed by atoms with Crippen molar-refractivity contribution in [3.8, 4) is 0 Å². The summed E-state index contributed by atoms with van der Waals surface area (Å²) in [6, 6.07) is 0. The molecule has 2 unspecified atom stereocenters. The maximum Gasteiger partial charge on any atom is 0.268 e. The summed E-state index contributed by atoms with van der Waals surface area (Å²) in [5.74, 6) is -0.557. The fourth-order valence-corrected chi connectivity index (χ4v) is 2.81. The summed E-state index contributed by atoms with van der Waals surface area (Å²) >= 11 is 0. The van der Waals surface area contributed by atoms with Crippen LogP contribution in [-0.4, -0.2) is 73.6 Å². The summed E-state index contributed by atoms with van der Waals surface area (Å²) < 4.78 is 21.8. The van der Waals surface area contributed by atoms with Crippen molar-refractivity contribution in [2.24, 2.45) is 0 Å². The Morgan fingerprint density at radius 3 is 2.38 bits per heavy atom. The smallest absolute Gasteiger partial charge is 0.268 e. The van der Waals surface area contributed by atoms with Crippen LogP contribution in [0.1, 0.15) is 39.0 Å². The van der Waals surface area contributed by atoms with E-state index in [9.17, 15) is 19.4 Å². The van der Waals surface area contributed by atoms with Crippen LogP contribution in [0.2, 0.25) is 0 Å². The van der Waals surface area contributed by atoms with E-state index in [2.05, 4.69) is 0 Å². The number of unbranched alkanes of at least 4 members (excludes halogenated alkanes) is 3. The van der Waals surface area contributed by atoms with E-state index in [-0.39, 0.29) is 13.0 Å². The molecule has 0 aliphatic rings. The minimum atomic E-state index is -4.75. The lowest BCUT2D eigenvalue weighted by Crippen LogP contribution is -2.40. The predicted octanol–water partition coefficient (Wildman–Crippen LogP) is 0.456. The zero-order chi connectivity index (χ0) is 18.8. The van der Waals surface area contributed by atoms with E-state index < -0.39 is 32.4 Å². The molecule has 0 rings (SSSR count). The number of ketones is 1. The lowest BCUT2D eigenvalue weighted by molar-refractivity contribution is -0.870. The number of hydrogen-bond acceptors (Lipinski definition) is 7. The molecule has 0 bridgehead atoms. The van der Waals surface area contributed by atoms with Gasteiger partial charge >= 0.3 is 0 Å². The first-order valence-electron chi connectivity index (χ1n) is 8.28. The number of likely N-dealkylation sites (N-methyl/N-ethyl adjacent to an activating group) is 1. The van der Waals surface area contributed by atoms with Crippen molar-refractivity contribution in [1.82, 2.24) is 0 Å². The third-order valence-corrected chi connectivity index (χ3v) is 4.37. The zero-order valence-corrected chi connectivity index (χ0v) is 16.0. The van der Waals surface area contributed by atoms with Crippen molar-refractivity contribution in [3.05, 3.63) is 0 Å². The monoisotopic (exact) mass is 369 g/mol. The van der Waals surface area contributed by atoms with Crippen molar-refractivity contribution in [3.63, 3.8) is 0 Å². The molecule has 0 aromatic rings. The molecule has 0 aliphatic heterocycles. The molecule has 0 saturated carbocycles. The van der Waals surface area contributed by atoms with E-state index in [1.807, 2.05) is 28.1 Å². The maximum absolute atomic E-state index is 12.1. The number of Topliss-reactive ketones (excluding diaryl/α,β-unsaturated/α-hetero) is 1. The van der Waals surface area contributed by atoms with Crippen molar-refractivity contribution in [2.75, 3.05) is 40.9 Å². The normalized spacial score (nSPS) is 17.3. The topological polar surface area (TPSA) is 116 Å². The van der Waals surface area contributed by atoms with Gasteiger partial charge in [0.2, 0.25) is 0 Å². The van der Waals surface area contributed by atoms with E-state index in [0.717, 1.165) is 19.3 Å². The molecule has 144 valence electrons. The Bertz CT molecular complexity index is 411. The summed E-state index contributed by atoms with van der Waals surface area (Å²) in [6.07, 6.45) is 0.228. The minimum Gasteiger partial charge on any atom is -0.756 e. The minimum absolute atomic E-state index is 0.0839. The van der Waals surface area contributed by atoms with Crippen LogP contribution >= 0.6 is 7.82 Å². The SMILES string of the molecule is CCCCCCC(=O)C(OP(=O)([O-])OCC[N+](C)(C)C)[C@@H](O)CO. The highest BCUT2D eigenvalue weighted by atomic mass is 31.2. The molecule has 0 aromatic heterocycles. The van der Waals surface area contributed by atoms with Gasteiger partial charge in [0.15, 0.2) is 11.9 Å². The van der Waals surface area contributed by atoms with Gasteiger partial charge < -0.3 is 28.6 Å². The molecule has 8 nitrogen and oxygen atoms in total. The number of phosphoric acid groups is 1. The molecule has 0 saturated heterocycles. The quantitative estimate of drug-likeness (QED) is 0.259. The summed E-state index contributed by atoms with van der Waals surface area (Å²) in [6.45, 7) is 1.58. The van der Waals surface area contributed by atoms with E-state index in [4.69, 9.17) is 14.2 Å². The van der Waals surface area contributed by atoms with Gasteiger partial charge in [-0.25, -0.2) is 0 Å². The van der Waals surface area contributed by atoms with Crippen molar-refractivity contribution in [1.29, 1.82) is 0 Å². The van der Waals surface area contributed by atoms with E-state index in [1.54, 1.807) is 0 Å². The second-order valence-electron chi connectivity index (χ2n) is 6.85. The van der Waals surface area contributed by atoms with Crippen molar-refractivity contribution < 1.29 is 38.0 Å². The van der Waals surface area contributed by atoms with Crippen LogP contribution in [0.5, 0.6) is 0 Å². The molecule has 0 spiro atoms. The number of phosphoric ester groups is 1. The number of carbonyl (C=O) groups is 1. The second-order valence-corrected chi connectivity index (χ2v) is 8.21. The number of hydrogen-bond donors (Lipinski definition) is 2. The molecule has 0 aliphatic carbocycles. The number of quaternary nitrogens is 1. The van der Waals surface area contributed by atoms with Crippen LogP contribution in [0, 0.1) is 0 Å². The second kappa shape index (κ2) is 11.3. The van der Waals surface area contributed by atoms with Gasteiger partial charge in [0.1, 0.15) is 19.3 Å². The predicted molar refractivity (Wildman–Crippen MR) is 88.2 cm³/mol. The fraction of sp³-hybridized carbons (Fsp3) is 0.933. The van der Waals surface area contributed by atoms with Gasteiger partial charge in [-0.1, -0.05) is 26.2 Å². The highest BCUT2D eigenvalue weighted by molar-refractivity contribution is 7.45. The van der Waals surface area contributed by atoms with Crippen LogP contribution in [-0.2, 0) is 18.4 Å². The van der Waals surface area contributed by atoms with Crippen molar-refractivity contribution in [2.45, 2.75) is 51.2 Å². The molecule has 9 heteroatoms. The standard InChI is InChI=1S/C15H32NO7P/c1-5-6-7-8-9-13(18)15(14(19)12-17)23-24(20,21)22-11-10-16(2,3)4/h14-15,17,19H,5-12H2,1-4H3/t14-,15?/m0/s1. The van der Waals surface area contributed by atoms with Crippen LogP contribution < -0.4 is 4.89 Å². The van der Waals surface area contributed by atoms with Crippen LogP contribution in [0.4, 0.5) is 0 Å². The van der Waals surface area contributed by atoms with Gasteiger partial charge in [-0.3, -0.25) is 9.36 Å². The first-order valence-corrected chi connectivity index (χ1v) is 9.74. The Balaban J connectivity index is 4.64. The molecular formula is C15H32NO7P.